The number of hydrogen-bond acceptors (Lipinski definition) is 6. The lowest BCUT2D eigenvalue weighted by atomic mass is 9.91. The molecule has 9 nitrogen and oxygen atoms in total. The van der Waals surface area contributed by atoms with Crippen LogP contribution in [-0.2, 0) is 11.3 Å². The fourth-order valence-corrected chi connectivity index (χ4v) is 4.67. The molecule has 3 rings (SSSR count). The van der Waals surface area contributed by atoms with Crippen molar-refractivity contribution in [2.45, 2.75) is 25.4 Å². The summed E-state index contributed by atoms with van der Waals surface area (Å²) in [6.45, 7) is 2.85. The zero-order valence-corrected chi connectivity index (χ0v) is 17.7. The molecule has 152 valence electrons. The number of thiophene rings is 1. The topological polar surface area (TPSA) is 106 Å². The number of hydrogen-bond donors (Lipinski definition) is 2. The van der Waals surface area contributed by atoms with Crippen molar-refractivity contribution in [3.63, 3.8) is 0 Å². The molecule has 1 saturated heterocycles. The number of halogens is 1. The molecular formula is C17H23ClN6O3S. The number of carbonyl (C=O) groups excluding carboxylic acids is 1. The van der Waals surface area contributed by atoms with E-state index in [1.165, 1.54) is 21.1 Å². The summed E-state index contributed by atoms with van der Waals surface area (Å²) in [5, 5.41) is 16.9. The van der Waals surface area contributed by atoms with E-state index in [4.69, 9.17) is 11.6 Å². The first-order valence-electron chi connectivity index (χ1n) is 8.77. The van der Waals surface area contributed by atoms with Crippen LogP contribution in [0.3, 0.4) is 0 Å². The van der Waals surface area contributed by atoms with Gasteiger partial charge >= 0.3 is 12.0 Å². The molecule has 11 heteroatoms. The summed E-state index contributed by atoms with van der Waals surface area (Å²) in [7, 11) is 5.07. The van der Waals surface area contributed by atoms with Gasteiger partial charge < -0.3 is 19.8 Å². The zero-order chi connectivity index (χ0) is 20.6. The molecular weight excluding hydrogens is 404 g/mol. The highest BCUT2D eigenvalue weighted by atomic mass is 35.5. The number of nitrogens with zero attached hydrogens (tertiary/aromatic N) is 5. The smallest absolute Gasteiger partial charge is 0.327 e. The van der Waals surface area contributed by atoms with E-state index in [1.54, 1.807) is 14.1 Å². The van der Waals surface area contributed by atoms with Gasteiger partial charge in [-0.3, -0.25) is 5.10 Å². The van der Waals surface area contributed by atoms with Crippen LogP contribution in [0.1, 0.15) is 23.5 Å². The molecule has 3 unspecified atom stereocenters. The van der Waals surface area contributed by atoms with E-state index in [2.05, 4.69) is 15.2 Å². The predicted molar refractivity (Wildman–Crippen MR) is 107 cm³/mol. The van der Waals surface area contributed by atoms with E-state index < -0.39 is 17.9 Å². The summed E-state index contributed by atoms with van der Waals surface area (Å²) >= 11 is 7.46. The second kappa shape index (κ2) is 7.96. The molecule has 1 fully saturated rings. The summed E-state index contributed by atoms with van der Waals surface area (Å²) in [5.41, 5.74) is 0. The SMILES string of the molecule is CC1CN(C(=O)N(C)C)C(C(=O)O)C1c1nc(N(C)Cc2ccc(Cl)s2)n[nH]1. The number of H-pyrrole nitrogens is 1. The maximum Gasteiger partial charge on any atom is 0.327 e. The number of carbonyl (C=O) groups is 2. The Kier molecular flexibility index (Phi) is 5.80. The Bertz CT molecular complexity index is 869. The van der Waals surface area contributed by atoms with Crippen LogP contribution in [0.5, 0.6) is 0 Å². The Morgan fingerprint density at radius 2 is 2.11 bits per heavy atom. The molecule has 2 aromatic heterocycles. The Labute approximate surface area is 171 Å². The molecule has 0 radical (unpaired) electrons. The van der Waals surface area contributed by atoms with Crippen molar-refractivity contribution in [2.75, 3.05) is 32.6 Å². The van der Waals surface area contributed by atoms with Crippen LogP contribution in [0.4, 0.5) is 10.7 Å². The van der Waals surface area contributed by atoms with E-state index in [9.17, 15) is 14.7 Å². The van der Waals surface area contributed by atoms with Crippen LogP contribution < -0.4 is 4.90 Å². The van der Waals surface area contributed by atoms with Crippen LogP contribution in [0.2, 0.25) is 4.34 Å². The molecule has 2 aromatic rings. The van der Waals surface area contributed by atoms with Crippen LogP contribution in [0.25, 0.3) is 0 Å². The van der Waals surface area contributed by atoms with Gasteiger partial charge in [-0.15, -0.1) is 16.4 Å². The van der Waals surface area contributed by atoms with Crippen molar-refractivity contribution in [3.05, 3.63) is 27.2 Å². The van der Waals surface area contributed by atoms with E-state index in [0.29, 0.717) is 29.2 Å². The predicted octanol–water partition coefficient (Wildman–Crippen LogP) is 2.33. The largest absolute Gasteiger partial charge is 0.480 e. The van der Waals surface area contributed by atoms with Crippen molar-refractivity contribution in [3.8, 4) is 0 Å². The first kappa shape index (κ1) is 20.4. The molecule has 1 aliphatic heterocycles. The minimum absolute atomic E-state index is 0.0767. The van der Waals surface area contributed by atoms with Gasteiger partial charge in [0.25, 0.3) is 0 Å². The molecule has 2 N–H and O–H groups in total. The van der Waals surface area contributed by atoms with Gasteiger partial charge in [-0.2, -0.15) is 4.98 Å². The number of amides is 2. The van der Waals surface area contributed by atoms with Gasteiger partial charge in [0.1, 0.15) is 11.9 Å². The van der Waals surface area contributed by atoms with Crippen molar-refractivity contribution in [2.24, 2.45) is 5.92 Å². The van der Waals surface area contributed by atoms with Gasteiger partial charge in [0.15, 0.2) is 0 Å². The Morgan fingerprint density at radius 3 is 2.68 bits per heavy atom. The average Bonchev–Trinajstić information content (AvgIpc) is 3.32. The second-order valence-electron chi connectivity index (χ2n) is 7.20. The third-order valence-electron chi connectivity index (χ3n) is 4.82. The molecule has 3 heterocycles. The number of aliphatic carboxylic acids is 1. The fourth-order valence-electron chi connectivity index (χ4n) is 3.53. The van der Waals surface area contributed by atoms with Crippen molar-refractivity contribution in [1.29, 1.82) is 0 Å². The van der Waals surface area contributed by atoms with Gasteiger partial charge in [0.05, 0.1) is 16.8 Å². The number of aromatic nitrogens is 3. The third-order valence-corrected chi connectivity index (χ3v) is 6.04. The molecule has 3 atom stereocenters. The van der Waals surface area contributed by atoms with Crippen molar-refractivity contribution in [1.82, 2.24) is 25.0 Å². The zero-order valence-electron chi connectivity index (χ0n) is 16.1. The maximum atomic E-state index is 12.4. The van der Waals surface area contributed by atoms with E-state index in [1.807, 2.05) is 31.0 Å². The first-order valence-corrected chi connectivity index (χ1v) is 9.96. The molecule has 0 aromatic carbocycles. The minimum atomic E-state index is -1.05. The molecule has 28 heavy (non-hydrogen) atoms. The third kappa shape index (κ3) is 3.93. The lowest BCUT2D eigenvalue weighted by molar-refractivity contribution is -0.142. The maximum absolute atomic E-state index is 12.4. The highest BCUT2D eigenvalue weighted by molar-refractivity contribution is 7.16. The average molecular weight is 427 g/mol. The van der Waals surface area contributed by atoms with Gasteiger partial charge in [-0.1, -0.05) is 18.5 Å². The van der Waals surface area contributed by atoms with Crippen LogP contribution >= 0.6 is 22.9 Å². The second-order valence-corrected chi connectivity index (χ2v) is 9.00. The van der Waals surface area contributed by atoms with Crippen molar-refractivity contribution < 1.29 is 14.7 Å². The summed E-state index contributed by atoms with van der Waals surface area (Å²) in [4.78, 5) is 34.6. The van der Waals surface area contributed by atoms with Crippen LogP contribution in [0, 0.1) is 5.92 Å². The van der Waals surface area contributed by atoms with Crippen LogP contribution in [0.15, 0.2) is 12.1 Å². The van der Waals surface area contributed by atoms with Gasteiger partial charge in [0.2, 0.25) is 5.95 Å². The number of nitrogens with one attached hydrogen (secondary N) is 1. The van der Waals surface area contributed by atoms with Crippen LogP contribution in [-0.4, -0.2) is 75.8 Å². The summed E-state index contributed by atoms with van der Waals surface area (Å²) in [5.74, 6) is -0.656. The van der Waals surface area contributed by atoms with Gasteiger partial charge in [-0.25, -0.2) is 9.59 Å². The standard InChI is InChI=1S/C17H23ClN6O3S/c1-9-7-24(17(27)22(2)3)13(15(25)26)12(9)14-19-16(21-20-14)23(4)8-10-5-6-11(18)28-10/h5-6,9,12-13H,7-8H2,1-4H3,(H,25,26)(H,19,20,21). The number of anilines is 1. The van der Waals surface area contributed by atoms with Gasteiger partial charge in [-0.05, 0) is 18.1 Å². The number of carboxylic acid groups (broad SMARTS) is 1. The van der Waals surface area contributed by atoms with E-state index in [0.717, 1.165) is 4.88 Å². The molecule has 0 bridgehead atoms. The molecule has 1 aliphatic rings. The molecule has 2 amide bonds. The highest BCUT2D eigenvalue weighted by Gasteiger charge is 2.49. The molecule has 0 aliphatic carbocycles. The quantitative estimate of drug-likeness (QED) is 0.760. The summed E-state index contributed by atoms with van der Waals surface area (Å²) in [6.07, 6.45) is 0. The Balaban J connectivity index is 1.82. The molecule has 0 saturated carbocycles. The highest BCUT2D eigenvalue weighted by Crippen LogP contribution is 2.37. The summed E-state index contributed by atoms with van der Waals surface area (Å²) in [6, 6.07) is 2.47. The van der Waals surface area contributed by atoms with E-state index >= 15 is 0 Å². The first-order chi connectivity index (χ1) is 13.2. The lowest BCUT2D eigenvalue weighted by Crippen LogP contribution is -2.47. The Morgan fingerprint density at radius 1 is 1.39 bits per heavy atom. The number of likely N-dealkylation sites (tertiary alicyclic amines) is 1. The number of urea groups is 1. The van der Waals surface area contributed by atoms with Gasteiger partial charge in [0, 0.05) is 32.6 Å². The number of carboxylic acids is 1. The normalized spacial score (nSPS) is 21.8. The summed E-state index contributed by atoms with van der Waals surface area (Å²) < 4.78 is 0.716. The number of aromatic amines is 1. The lowest BCUT2D eigenvalue weighted by Gasteiger charge is -2.26. The van der Waals surface area contributed by atoms with Crippen molar-refractivity contribution >= 4 is 40.9 Å². The number of rotatable bonds is 5. The molecule has 0 spiro atoms. The minimum Gasteiger partial charge on any atom is -0.480 e. The fraction of sp³-hybridized carbons (Fsp3) is 0.529. The monoisotopic (exact) mass is 426 g/mol. The Hall–Kier alpha value is -2.33. The van der Waals surface area contributed by atoms with E-state index in [-0.39, 0.29) is 11.9 Å².